The van der Waals surface area contributed by atoms with Gasteiger partial charge in [-0.15, -0.1) is 0 Å². The predicted octanol–water partition coefficient (Wildman–Crippen LogP) is 0.215. The van der Waals surface area contributed by atoms with E-state index in [1.807, 2.05) is 6.07 Å². The first-order valence-corrected chi connectivity index (χ1v) is 7.27. The first kappa shape index (κ1) is 17.5. The third kappa shape index (κ3) is 4.82. The minimum atomic E-state index is -0.905. The number of anilines is 1. The maximum absolute atomic E-state index is 12.1. The lowest BCUT2D eigenvalue weighted by Crippen LogP contribution is -2.32. The van der Waals surface area contributed by atoms with Crippen LogP contribution in [-0.2, 0) is 28.6 Å². The van der Waals surface area contributed by atoms with E-state index in [1.165, 1.54) is 7.11 Å². The molecule has 1 aromatic rings. The molecule has 2 rings (SSSR count). The van der Waals surface area contributed by atoms with E-state index in [9.17, 15) is 14.4 Å². The summed E-state index contributed by atoms with van der Waals surface area (Å²) in [5.41, 5.74) is 0.424. The molecule has 1 amide bonds. The van der Waals surface area contributed by atoms with Crippen LogP contribution in [0.1, 0.15) is 0 Å². The number of carbonyl (C=O) groups excluding carboxylic acids is 3. The summed E-state index contributed by atoms with van der Waals surface area (Å²) in [6.45, 7) is -0.0850. The van der Waals surface area contributed by atoms with Gasteiger partial charge in [-0.2, -0.15) is 0 Å². The molecule has 0 radical (unpaired) electrons. The van der Waals surface area contributed by atoms with Crippen LogP contribution in [0.2, 0.25) is 0 Å². The molecule has 0 saturated heterocycles. The summed E-state index contributed by atoms with van der Waals surface area (Å²) in [5, 5.41) is 5.35. The lowest BCUT2D eigenvalue weighted by Gasteiger charge is -2.09. The lowest BCUT2D eigenvalue weighted by molar-refractivity contribution is -0.145. The third-order valence-corrected chi connectivity index (χ3v) is 3.05. The maximum Gasteiger partial charge on any atom is 0.347 e. The van der Waals surface area contributed by atoms with E-state index in [1.54, 1.807) is 24.3 Å². The Labute approximate surface area is 138 Å². The number of ketones is 1. The monoisotopic (exact) mass is 334 g/mol. The first-order valence-electron chi connectivity index (χ1n) is 7.27. The Kier molecular flexibility index (Phi) is 6.32. The second-order valence-corrected chi connectivity index (χ2v) is 4.83. The van der Waals surface area contributed by atoms with Crippen LogP contribution in [0.25, 0.3) is 0 Å². The number of para-hydroxylation sites is 1. The van der Waals surface area contributed by atoms with E-state index in [2.05, 4.69) is 10.6 Å². The summed E-state index contributed by atoms with van der Waals surface area (Å²) >= 11 is 0. The summed E-state index contributed by atoms with van der Waals surface area (Å²) in [7, 11) is 1.51. The zero-order valence-corrected chi connectivity index (χ0v) is 13.2. The van der Waals surface area contributed by atoms with Crippen LogP contribution in [0.5, 0.6) is 0 Å². The van der Waals surface area contributed by atoms with Crippen LogP contribution in [0.3, 0.4) is 0 Å². The molecule has 2 N–H and O–H groups in total. The summed E-state index contributed by atoms with van der Waals surface area (Å²) in [6, 6.07) is 8.93. The van der Waals surface area contributed by atoms with Gasteiger partial charge in [0, 0.05) is 19.3 Å². The zero-order chi connectivity index (χ0) is 17.4. The molecule has 0 saturated carbocycles. The number of nitrogens with one attached hydrogen (secondary N) is 2. The third-order valence-electron chi connectivity index (χ3n) is 3.05. The fourth-order valence-electron chi connectivity index (χ4n) is 1.91. The maximum atomic E-state index is 12.1. The van der Waals surface area contributed by atoms with Gasteiger partial charge in [-0.05, 0) is 12.1 Å². The normalized spacial score (nSPS) is 13.5. The van der Waals surface area contributed by atoms with Crippen LogP contribution in [-0.4, -0.2) is 51.1 Å². The molecule has 0 spiro atoms. The number of amides is 1. The average molecular weight is 334 g/mol. The molecule has 8 heteroatoms. The Hall–Kier alpha value is -2.87. The number of benzene rings is 1. The van der Waals surface area contributed by atoms with Gasteiger partial charge in [0.2, 0.25) is 11.7 Å². The number of methoxy groups -OCH3 is 1. The highest BCUT2D eigenvalue weighted by molar-refractivity contribution is 6.20. The van der Waals surface area contributed by atoms with Gasteiger partial charge in [0.15, 0.2) is 18.8 Å². The van der Waals surface area contributed by atoms with Crippen molar-refractivity contribution in [1.29, 1.82) is 0 Å². The van der Waals surface area contributed by atoms with Crippen molar-refractivity contribution >= 4 is 23.3 Å². The summed E-state index contributed by atoms with van der Waals surface area (Å²) in [4.78, 5) is 35.4. The quantitative estimate of drug-likeness (QED) is 0.398. The van der Waals surface area contributed by atoms with E-state index in [4.69, 9.17) is 14.2 Å². The Morgan fingerprint density at radius 2 is 2.00 bits per heavy atom. The average Bonchev–Trinajstić information content (AvgIpc) is 2.94. The smallest absolute Gasteiger partial charge is 0.347 e. The van der Waals surface area contributed by atoms with E-state index in [0.29, 0.717) is 18.8 Å². The second kappa shape index (κ2) is 8.68. The molecule has 8 nitrogen and oxygen atoms in total. The summed E-state index contributed by atoms with van der Waals surface area (Å²) in [5.74, 6) is -1.86. The largest absolute Gasteiger partial charge is 0.470 e. The molecule has 1 aliphatic heterocycles. The fraction of sp³-hybridized carbons (Fsp3) is 0.312. The number of hydrogen-bond acceptors (Lipinski definition) is 7. The van der Waals surface area contributed by atoms with Crippen LogP contribution in [0.15, 0.2) is 41.8 Å². The highest BCUT2D eigenvalue weighted by Gasteiger charge is 2.32. The molecule has 0 aromatic heterocycles. The van der Waals surface area contributed by atoms with Gasteiger partial charge in [-0.25, -0.2) is 4.79 Å². The molecule has 0 fully saturated rings. The van der Waals surface area contributed by atoms with Crippen molar-refractivity contribution in [3.63, 3.8) is 0 Å². The van der Waals surface area contributed by atoms with E-state index >= 15 is 0 Å². The SMILES string of the molecule is COCCNC(=O)COC(=O)C1=C(Nc2ccccc2)OCC1=O. The van der Waals surface area contributed by atoms with Crippen molar-refractivity contribution in [2.45, 2.75) is 0 Å². The highest BCUT2D eigenvalue weighted by atomic mass is 16.5. The Bertz CT molecular complexity index is 641. The molecule has 1 aliphatic rings. The fourth-order valence-corrected chi connectivity index (χ4v) is 1.91. The number of hydrogen-bond donors (Lipinski definition) is 2. The number of carbonyl (C=O) groups is 3. The highest BCUT2D eigenvalue weighted by Crippen LogP contribution is 2.20. The minimum Gasteiger partial charge on any atom is -0.470 e. The Morgan fingerprint density at radius 1 is 1.25 bits per heavy atom. The van der Waals surface area contributed by atoms with Gasteiger partial charge in [0.25, 0.3) is 5.91 Å². The van der Waals surface area contributed by atoms with Crippen LogP contribution in [0, 0.1) is 0 Å². The van der Waals surface area contributed by atoms with Gasteiger partial charge in [0.1, 0.15) is 0 Å². The minimum absolute atomic E-state index is 0.0241. The van der Waals surface area contributed by atoms with E-state index < -0.39 is 24.3 Å². The van der Waals surface area contributed by atoms with E-state index in [-0.39, 0.29) is 18.1 Å². The Balaban J connectivity index is 1.95. The van der Waals surface area contributed by atoms with Gasteiger partial charge in [-0.1, -0.05) is 18.2 Å². The van der Waals surface area contributed by atoms with Crippen molar-refractivity contribution in [1.82, 2.24) is 5.32 Å². The lowest BCUT2D eigenvalue weighted by atomic mass is 10.2. The number of esters is 1. The molecule has 0 aliphatic carbocycles. The first-order chi connectivity index (χ1) is 11.6. The molecular formula is C16H18N2O6. The molecular weight excluding hydrogens is 316 g/mol. The summed E-state index contributed by atoms with van der Waals surface area (Å²) < 4.78 is 14.8. The van der Waals surface area contributed by atoms with Gasteiger partial charge >= 0.3 is 5.97 Å². The predicted molar refractivity (Wildman–Crippen MR) is 83.9 cm³/mol. The topological polar surface area (TPSA) is 103 Å². The molecule has 24 heavy (non-hydrogen) atoms. The van der Waals surface area contributed by atoms with Crippen LogP contribution < -0.4 is 10.6 Å². The second-order valence-electron chi connectivity index (χ2n) is 4.83. The molecule has 0 unspecified atom stereocenters. The van der Waals surface area contributed by atoms with Crippen molar-refractivity contribution in [2.75, 3.05) is 38.8 Å². The molecule has 1 aromatic carbocycles. The molecule has 0 atom stereocenters. The Morgan fingerprint density at radius 3 is 2.71 bits per heavy atom. The zero-order valence-electron chi connectivity index (χ0n) is 13.2. The summed E-state index contributed by atoms with van der Waals surface area (Å²) in [6.07, 6.45) is 0. The number of Topliss-reactive ketones (excluding diaryl/α,β-unsaturated/α-hetero) is 1. The molecule has 128 valence electrons. The van der Waals surface area contributed by atoms with Crippen molar-refractivity contribution in [2.24, 2.45) is 0 Å². The molecule has 1 heterocycles. The van der Waals surface area contributed by atoms with Crippen LogP contribution in [0.4, 0.5) is 5.69 Å². The van der Waals surface area contributed by atoms with Crippen molar-refractivity contribution < 1.29 is 28.6 Å². The van der Waals surface area contributed by atoms with Crippen molar-refractivity contribution in [3.05, 3.63) is 41.8 Å². The van der Waals surface area contributed by atoms with Gasteiger partial charge in [-0.3, -0.25) is 9.59 Å². The van der Waals surface area contributed by atoms with Crippen molar-refractivity contribution in [3.8, 4) is 0 Å². The number of ether oxygens (including phenoxy) is 3. The van der Waals surface area contributed by atoms with Gasteiger partial charge in [0.05, 0.1) is 6.61 Å². The molecule has 0 bridgehead atoms. The van der Waals surface area contributed by atoms with E-state index in [0.717, 1.165) is 0 Å². The standard InChI is InChI=1S/C16H18N2O6/c1-22-8-7-17-13(20)10-24-16(21)14-12(19)9-23-15(14)18-11-5-3-2-4-6-11/h2-6,18H,7-10H2,1H3,(H,17,20). The number of rotatable bonds is 8. The van der Waals surface area contributed by atoms with Gasteiger partial charge < -0.3 is 24.8 Å². The van der Waals surface area contributed by atoms with Crippen LogP contribution >= 0.6 is 0 Å².